The number of thiazole rings is 1. The van der Waals surface area contributed by atoms with Crippen molar-refractivity contribution in [3.05, 3.63) is 4.88 Å². The molecular weight excluding hydrogens is 280 g/mol. The van der Waals surface area contributed by atoms with Gasteiger partial charge >= 0.3 is 0 Å². The fourth-order valence-electron chi connectivity index (χ4n) is 1.56. The number of anilines is 2. The Kier molecular flexibility index (Phi) is 5.73. The molecule has 1 heterocycles. The van der Waals surface area contributed by atoms with E-state index in [0.29, 0.717) is 10.0 Å². The Morgan fingerprint density at radius 1 is 1.35 bits per heavy atom. The predicted molar refractivity (Wildman–Crippen MR) is 80.0 cm³/mol. The zero-order valence-corrected chi connectivity index (χ0v) is 12.8. The first-order valence-corrected chi connectivity index (χ1v) is 7.15. The standard InChI is InChI=1S/C12H22N4O3S/c1-12(2,3)15-11-14-9(13)8(20-11)10(19)16(4-6-17)5-7-18/h17-18H,4-7,13H2,1-3H3,(H,14,15). The number of nitrogens with one attached hydrogen (secondary N) is 1. The second-order valence-electron chi connectivity index (χ2n) is 5.35. The van der Waals surface area contributed by atoms with E-state index >= 15 is 0 Å². The third-order valence-electron chi connectivity index (χ3n) is 2.36. The molecule has 0 radical (unpaired) electrons. The van der Waals surface area contributed by atoms with Gasteiger partial charge in [-0.3, -0.25) is 4.79 Å². The van der Waals surface area contributed by atoms with Gasteiger partial charge in [-0.15, -0.1) is 0 Å². The lowest BCUT2D eigenvalue weighted by atomic mass is 10.1. The zero-order valence-electron chi connectivity index (χ0n) is 12.0. The monoisotopic (exact) mass is 302 g/mol. The molecule has 0 aliphatic rings. The van der Waals surface area contributed by atoms with E-state index in [4.69, 9.17) is 15.9 Å². The second-order valence-corrected chi connectivity index (χ2v) is 6.35. The summed E-state index contributed by atoms with van der Waals surface area (Å²) in [6, 6.07) is 0. The van der Waals surface area contributed by atoms with Gasteiger partial charge in [-0.1, -0.05) is 11.3 Å². The van der Waals surface area contributed by atoms with Crippen LogP contribution in [0, 0.1) is 0 Å². The van der Waals surface area contributed by atoms with E-state index in [0.717, 1.165) is 0 Å². The van der Waals surface area contributed by atoms with Gasteiger partial charge in [0.25, 0.3) is 5.91 Å². The third-order valence-corrected chi connectivity index (χ3v) is 3.33. The molecule has 20 heavy (non-hydrogen) atoms. The molecule has 7 nitrogen and oxygen atoms in total. The molecule has 1 rings (SSSR count). The van der Waals surface area contributed by atoms with Crippen LogP contribution in [-0.2, 0) is 0 Å². The number of hydrogen-bond donors (Lipinski definition) is 4. The lowest BCUT2D eigenvalue weighted by Gasteiger charge is -2.20. The Morgan fingerprint density at radius 2 is 1.90 bits per heavy atom. The Balaban J connectivity index is 2.92. The number of carbonyl (C=O) groups excluding carboxylic acids is 1. The largest absolute Gasteiger partial charge is 0.395 e. The number of rotatable bonds is 6. The summed E-state index contributed by atoms with van der Waals surface area (Å²) in [5, 5.41) is 21.6. The molecule has 0 atom stereocenters. The first-order chi connectivity index (χ1) is 9.28. The fraction of sp³-hybridized carbons (Fsp3) is 0.667. The smallest absolute Gasteiger partial charge is 0.268 e. The number of nitrogens with zero attached hydrogens (tertiary/aromatic N) is 2. The number of aromatic nitrogens is 1. The van der Waals surface area contributed by atoms with E-state index < -0.39 is 0 Å². The van der Waals surface area contributed by atoms with Crippen molar-refractivity contribution >= 4 is 28.2 Å². The highest BCUT2D eigenvalue weighted by molar-refractivity contribution is 7.18. The van der Waals surface area contributed by atoms with Crippen molar-refractivity contribution in [3.8, 4) is 0 Å². The molecule has 1 aromatic heterocycles. The zero-order chi connectivity index (χ0) is 15.3. The van der Waals surface area contributed by atoms with Crippen LogP contribution in [-0.4, -0.2) is 57.8 Å². The van der Waals surface area contributed by atoms with Crippen molar-refractivity contribution in [1.29, 1.82) is 0 Å². The van der Waals surface area contributed by atoms with Crippen molar-refractivity contribution in [1.82, 2.24) is 9.88 Å². The predicted octanol–water partition coefficient (Wildman–Crippen LogP) is 0.362. The van der Waals surface area contributed by atoms with Gasteiger partial charge in [-0.25, -0.2) is 4.98 Å². The van der Waals surface area contributed by atoms with E-state index in [-0.39, 0.29) is 43.6 Å². The van der Waals surface area contributed by atoms with Gasteiger partial charge in [0.2, 0.25) is 0 Å². The van der Waals surface area contributed by atoms with Crippen LogP contribution in [0.3, 0.4) is 0 Å². The molecule has 1 aromatic rings. The van der Waals surface area contributed by atoms with Gasteiger partial charge in [0, 0.05) is 18.6 Å². The SMILES string of the molecule is CC(C)(C)Nc1nc(N)c(C(=O)N(CCO)CCO)s1. The van der Waals surface area contributed by atoms with Crippen molar-refractivity contribution < 1.29 is 15.0 Å². The molecule has 0 saturated heterocycles. The average molecular weight is 302 g/mol. The summed E-state index contributed by atoms with van der Waals surface area (Å²) in [5.41, 5.74) is 5.60. The Morgan fingerprint density at radius 3 is 2.35 bits per heavy atom. The van der Waals surface area contributed by atoms with E-state index in [9.17, 15) is 4.79 Å². The fourth-order valence-corrected chi connectivity index (χ4v) is 2.62. The van der Waals surface area contributed by atoms with Gasteiger partial charge in [0.05, 0.1) is 13.2 Å². The summed E-state index contributed by atoms with van der Waals surface area (Å²) in [5.74, 6) is -0.169. The Hall–Kier alpha value is -1.38. The minimum absolute atomic E-state index is 0.152. The topological polar surface area (TPSA) is 112 Å². The van der Waals surface area contributed by atoms with Crippen LogP contribution in [0.25, 0.3) is 0 Å². The molecule has 5 N–H and O–H groups in total. The molecule has 0 unspecified atom stereocenters. The summed E-state index contributed by atoms with van der Waals surface area (Å²) >= 11 is 1.17. The highest BCUT2D eigenvalue weighted by atomic mass is 32.1. The number of aliphatic hydroxyl groups excluding tert-OH is 2. The molecule has 0 aliphatic heterocycles. The lowest BCUT2D eigenvalue weighted by molar-refractivity contribution is 0.0690. The van der Waals surface area contributed by atoms with E-state index in [2.05, 4.69) is 10.3 Å². The summed E-state index contributed by atoms with van der Waals surface area (Å²) < 4.78 is 0. The van der Waals surface area contributed by atoms with Crippen molar-refractivity contribution in [3.63, 3.8) is 0 Å². The van der Waals surface area contributed by atoms with E-state index in [1.54, 1.807) is 0 Å². The maximum Gasteiger partial charge on any atom is 0.268 e. The number of nitrogen functional groups attached to an aromatic ring is 1. The van der Waals surface area contributed by atoms with Gasteiger partial charge in [-0.05, 0) is 20.8 Å². The second kappa shape index (κ2) is 6.87. The summed E-state index contributed by atoms with van der Waals surface area (Å²) in [7, 11) is 0. The number of carbonyl (C=O) groups is 1. The number of aliphatic hydroxyl groups is 2. The molecule has 0 fully saturated rings. The lowest BCUT2D eigenvalue weighted by Crippen LogP contribution is -2.35. The van der Waals surface area contributed by atoms with Crippen LogP contribution in [0.2, 0.25) is 0 Å². The maximum absolute atomic E-state index is 12.3. The molecule has 0 spiro atoms. The first-order valence-electron chi connectivity index (χ1n) is 6.34. The molecule has 0 aliphatic carbocycles. The molecule has 1 amide bonds. The van der Waals surface area contributed by atoms with Crippen LogP contribution >= 0.6 is 11.3 Å². The summed E-state index contributed by atoms with van der Waals surface area (Å²) in [4.78, 5) is 18.1. The summed E-state index contributed by atoms with van der Waals surface area (Å²) in [6.07, 6.45) is 0. The normalized spacial score (nSPS) is 11.4. The van der Waals surface area contributed by atoms with E-state index in [1.807, 2.05) is 20.8 Å². The van der Waals surface area contributed by atoms with Crippen LogP contribution < -0.4 is 11.1 Å². The van der Waals surface area contributed by atoms with Crippen molar-refractivity contribution in [2.75, 3.05) is 37.4 Å². The molecular formula is C12H22N4O3S. The van der Waals surface area contributed by atoms with E-state index in [1.165, 1.54) is 16.2 Å². The molecule has 8 heteroatoms. The minimum Gasteiger partial charge on any atom is -0.395 e. The third kappa shape index (κ3) is 4.62. The van der Waals surface area contributed by atoms with Crippen LogP contribution in [0.1, 0.15) is 30.4 Å². The quantitative estimate of drug-likeness (QED) is 0.604. The Labute approximate surface area is 122 Å². The average Bonchev–Trinajstić information content (AvgIpc) is 2.66. The van der Waals surface area contributed by atoms with Crippen LogP contribution in [0.15, 0.2) is 0 Å². The van der Waals surface area contributed by atoms with Crippen molar-refractivity contribution in [2.45, 2.75) is 26.3 Å². The van der Waals surface area contributed by atoms with Crippen molar-refractivity contribution in [2.24, 2.45) is 0 Å². The van der Waals surface area contributed by atoms with Crippen LogP contribution in [0.5, 0.6) is 0 Å². The molecule has 0 bridgehead atoms. The maximum atomic E-state index is 12.3. The summed E-state index contributed by atoms with van der Waals surface area (Å²) in [6.45, 7) is 5.91. The van der Waals surface area contributed by atoms with Gasteiger partial charge < -0.3 is 26.2 Å². The van der Waals surface area contributed by atoms with Gasteiger partial charge in [0.1, 0.15) is 10.7 Å². The molecule has 114 valence electrons. The minimum atomic E-state index is -0.329. The molecule has 0 aromatic carbocycles. The van der Waals surface area contributed by atoms with Crippen LogP contribution in [0.4, 0.5) is 10.9 Å². The first kappa shape index (κ1) is 16.7. The van der Waals surface area contributed by atoms with Gasteiger partial charge in [-0.2, -0.15) is 0 Å². The number of hydrogen-bond acceptors (Lipinski definition) is 7. The highest BCUT2D eigenvalue weighted by Gasteiger charge is 2.23. The highest BCUT2D eigenvalue weighted by Crippen LogP contribution is 2.28. The number of nitrogens with two attached hydrogens (primary N) is 1. The number of amides is 1. The molecule has 0 saturated carbocycles. The van der Waals surface area contributed by atoms with Gasteiger partial charge in [0.15, 0.2) is 5.13 Å². The Bertz CT molecular complexity index is 450.